The molecular weight excluding hydrogens is 377 g/mol. The van der Waals surface area contributed by atoms with E-state index in [0.717, 1.165) is 22.2 Å². The van der Waals surface area contributed by atoms with Crippen LogP contribution in [0.2, 0.25) is 5.15 Å². The molecule has 0 amide bonds. The normalized spacial score (nSPS) is 12.0. The van der Waals surface area contributed by atoms with Gasteiger partial charge >= 0.3 is 6.18 Å². The molecule has 0 spiro atoms. The molecule has 0 aliphatic heterocycles. The minimum absolute atomic E-state index is 0.0474. The Bertz CT molecular complexity index is 1150. The first kappa shape index (κ1) is 17.7. The minimum atomic E-state index is -4.43. The number of pyridine rings is 1. The van der Waals surface area contributed by atoms with Gasteiger partial charge in [0.15, 0.2) is 6.61 Å². The van der Waals surface area contributed by atoms with Crippen molar-refractivity contribution in [3.8, 4) is 11.4 Å². The monoisotopic (exact) mass is 390 g/mol. The molecule has 2 aromatic heterocycles. The molecule has 4 aromatic rings. The van der Waals surface area contributed by atoms with Crippen LogP contribution in [0.4, 0.5) is 13.2 Å². The van der Waals surface area contributed by atoms with Crippen LogP contribution in [-0.4, -0.2) is 22.3 Å². The van der Waals surface area contributed by atoms with Gasteiger partial charge in [0.05, 0.1) is 5.52 Å². The van der Waals surface area contributed by atoms with Crippen molar-refractivity contribution in [1.29, 1.82) is 0 Å². The molecule has 0 aliphatic carbocycles. The summed E-state index contributed by atoms with van der Waals surface area (Å²) in [5.41, 5.74) is 3.09. The molecule has 0 radical (unpaired) electrons. The Hall–Kier alpha value is -2.73. The van der Waals surface area contributed by atoms with E-state index in [2.05, 4.69) is 4.98 Å². The van der Waals surface area contributed by atoms with E-state index in [0.29, 0.717) is 10.9 Å². The van der Waals surface area contributed by atoms with Crippen LogP contribution in [-0.2, 0) is 0 Å². The Balaban J connectivity index is 1.98. The number of halogens is 4. The van der Waals surface area contributed by atoms with Gasteiger partial charge in [-0.05, 0) is 30.7 Å². The maximum atomic E-state index is 12.6. The molecule has 0 saturated carbocycles. The predicted octanol–water partition coefficient (Wildman–Crippen LogP) is 6.08. The average Bonchev–Trinajstić information content (AvgIpc) is 3.06. The molecular formula is C20H14ClF3N2O. The van der Waals surface area contributed by atoms with Gasteiger partial charge in [0.25, 0.3) is 0 Å². The van der Waals surface area contributed by atoms with E-state index < -0.39 is 12.8 Å². The van der Waals surface area contributed by atoms with Crippen molar-refractivity contribution in [3.63, 3.8) is 0 Å². The summed E-state index contributed by atoms with van der Waals surface area (Å²) in [6.45, 7) is 0.603. The number of hydrogen-bond donors (Lipinski definition) is 0. The van der Waals surface area contributed by atoms with Crippen LogP contribution in [0.5, 0.6) is 5.75 Å². The number of hydrogen-bond acceptors (Lipinski definition) is 2. The second kappa shape index (κ2) is 6.46. The van der Waals surface area contributed by atoms with Crippen LogP contribution in [0.25, 0.3) is 27.5 Å². The third-order valence-corrected chi connectivity index (χ3v) is 4.63. The Morgan fingerprint density at radius 2 is 1.81 bits per heavy atom. The largest absolute Gasteiger partial charge is 0.482 e. The highest BCUT2D eigenvalue weighted by atomic mass is 35.5. The number of fused-ring (bicyclic) bond motifs is 3. The van der Waals surface area contributed by atoms with E-state index in [1.165, 1.54) is 6.07 Å². The maximum Gasteiger partial charge on any atom is 0.422 e. The smallest absolute Gasteiger partial charge is 0.422 e. The Morgan fingerprint density at radius 1 is 1.04 bits per heavy atom. The number of para-hydroxylation sites is 2. The van der Waals surface area contributed by atoms with Crippen molar-refractivity contribution in [2.75, 3.05) is 6.61 Å². The van der Waals surface area contributed by atoms with Crippen LogP contribution in [0.1, 0.15) is 5.56 Å². The van der Waals surface area contributed by atoms with Gasteiger partial charge in [-0.3, -0.25) is 0 Å². The van der Waals surface area contributed by atoms with Gasteiger partial charge in [0.2, 0.25) is 0 Å². The fourth-order valence-electron chi connectivity index (χ4n) is 3.17. The first-order chi connectivity index (χ1) is 12.8. The van der Waals surface area contributed by atoms with Crippen LogP contribution in [0, 0.1) is 6.92 Å². The summed E-state index contributed by atoms with van der Waals surface area (Å²) in [6.07, 6.45) is -2.55. The number of benzene rings is 2. The van der Waals surface area contributed by atoms with E-state index in [1.807, 2.05) is 48.0 Å². The highest BCUT2D eigenvalue weighted by Crippen LogP contribution is 2.36. The van der Waals surface area contributed by atoms with Crippen molar-refractivity contribution in [1.82, 2.24) is 9.55 Å². The lowest BCUT2D eigenvalue weighted by atomic mass is 10.1. The summed E-state index contributed by atoms with van der Waals surface area (Å²) in [6, 6.07) is 14.6. The summed E-state index contributed by atoms with van der Waals surface area (Å²) in [5, 5.41) is 1.61. The SMILES string of the molecule is Cc1ccccc1-n1ccc2c(Cl)nc3c(OCC(F)(F)F)cccc3c21. The van der Waals surface area contributed by atoms with Gasteiger partial charge in [-0.15, -0.1) is 0 Å². The van der Waals surface area contributed by atoms with E-state index in [9.17, 15) is 13.2 Å². The number of rotatable bonds is 3. The number of ether oxygens (including phenoxy) is 1. The molecule has 3 nitrogen and oxygen atoms in total. The van der Waals surface area contributed by atoms with Crippen LogP contribution in [0.3, 0.4) is 0 Å². The molecule has 2 aromatic carbocycles. The maximum absolute atomic E-state index is 12.6. The van der Waals surface area contributed by atoms with Gasteiger partial charge in [0.1, 0.15) is 16.4 Å². The summed E-state index contributed by atoms with van der Waals surface area (Å²) in [5.74, 6) is 0.0474. The lowest BCUT2D eigenvalue weighted by Gasteiger charge is -2.14. The zero-order chi connectivity index (χ0) is 19.2. The Kier molecular flexibility index (Phi) is 4.23. The summed E-state index contributed by atoms with van der Waals surface area (Å²) >= 11 is 6.34. The molecule has 7 heteroatoms. The highest BCUT2D eigenvalue weighted by Gasteiger charge is 2.29. The third kappa shape index (κ3) is 3.21. The van der Waals surface area contributed by atoms with Gasteiger partial charge in [-0.2, -0.15) is 13.2 Å². The predicted molar refractivity (Wildman–Crippen MR) is 99.9 cm³/mol. The fourth-order valence-corrected chi connectivity index (χ4v) is 3.41. The first-order valence-electron chi connectivity index (χ1n) is 8.20. The quantitative estimate of drug-likeness (QED) is 0.396. The van der Waals surface area contributed by atoms with Crippen molar-refractivity contribution in [3.05, 3.63) is 65.4 Å². The third-order valence-electron chi connectivity index (χ3n) is 4.34. The molecule has 138 valence electrons. The highest BCUT2D eigenvalue weighted by molar-refractivity contribution is 6.35. The molecule has 0 bridgehead atoms. The summed E-state index contributed by atoms with van der Waals surface area (Å²) < 4.78 is 44.7. The molecule has 4 rings (SSSR count). The van der Waals surface area contributed by atoms with Crippen LogP contribution >= 0.6 is 11.6 Å². The molecule has 2 heterocycles. The number of alkyl halides is 3. The second-order valence-corrected chi connectivity index (χ2v) is 6.55. The minimum Gasteiger partial charge on any atom is -0.482 e. The van der Waals surface area contributed by atoms with E-state index in [1.54, 1.807) is 12.1 Å². The number of aryl methyl sites for hydroxylation is 1. The van der Waals surface area contributed by atoms with Crippen LogP contribution < -0.4 is 4.74 Å². The van der Waals surface area contributed by atoms with E-state index in [4.69, 9.17) is 16.3 Å². The van der Waals surface area contributed by atoms with Gasteiger partial charge < -0.3 is 9.30 Å². The molecule has 0 fully saturated rings. The zero-order valence-electron chi connectivity index (χ0n) is 14.2. The molecule has 0 aliphatic rings. The Morgan fingerprint density at radius 3 is 2.56 bits per heavy atom. The standard InChI is InChI=1S/C20H14ClF3N2O/c1-12-5-2-3-7-15(12)26-10-9-14-18(26)13-6-4-8-16(17(13)25-19(14)21)27-11-20(22,23)24/h2-10H,11H2,1H3. The van der Waals surface area contributed by atoms with Crippen molar-refractivity contribution in [2.45, 2.75) is 13.1 Å². The fraction of sp³-hybridized carbons (Fsp3) is 0.150. The Labute approximate surface area is 157 Å². The van der Waals surface area contributed by atoms with Gasteiger partial charge in [-0.25, -0.2) is 4.98 Å². The van der Waals surface area contributed by atoms with E-state index in [-0.39, 0.29) is 10.9 Å². The molecule has 0 saturated heterocycles. The number of aromatic nitrogens is 2. The van der Waals surface area contributed by atoms with Crippen molar-refractivity contribution >= 4 is 33.4 Å². The second-order valence-electron chi connectivity index (χ2n) is 6.19. The molecule has 0 atom stereocenters. The molecule has 0 N–H and O–H groups in total. The van der Waals surface area contributed by atoms with Crippen molar-refractivity contribution < 1.29 is 17.9 Å². The van der Waals surface area contributed by atoms with Crippen molar-refractivity contribution in [2.24, 2.45) is 0 Å². The number of nitrogens with zero attached hydrogens (tertiary/aromatic N) is 2. The average molecular weight is 391 g/mol. The van der Waals surface area contributed by atoms with E-state index >= 15 is 0 Å². The lowest BCUT2D eigenvalue weighted by molar-refractivity contribution is -0.153. The van der Waals surface area contributed by atoms with Gasteiger partial charge in [0, 0.05) is 22.7 Å². The topological polar surface area (TPSA) is 27.1 Å². The summed E-state index contributed by atoms with van der Waals surface area (Å²) in [4.78, 5) is 4.29. The van der Waals surface area contributed by atoms with Crippen LogP contribution in [0.15, 0.2) is 54.7 Å². The zero-order valence-corrected chi connectivity index (χ0v) is 15.0. The lowest BCUT2D eigenvalue weighted by Crippen LogP contribution is -2.19. The molecule has 27 heavy (non-hydrogen) atoms. The summed E-state index contributed by atoms with van der Waals surface area (Å²) in [7, 11) is 0. The molecule has 0 unspecified atom stereocenters. The van der Waals surface area contributed by atoms with Gasteiger partial charge in [-0.1, -0.05) is 41.9 Å². The first-order valence-corrected chi connectivity index (χ1v) is 8.58.